The summed E-state index contributed by atoms with van der Waals surface area (Å²) in [4.78, 5) is 14.2. The van der Waals surface area contributed by atoms with E-state index in [2.05, 4.69) is 69.2 Å². The fourth-order valence-corrected chi connectivity index (χ4v) is 4.21. The molecular weight excluding hydrogens is 372 g/mol. The molecule has 1 N–H and O–H groups in total. The number of aliphatic hydroxyl groups is 1. The Bertz CT molecular complexity index is 929. The fourth-order valence-electron chi connectivity index (χ4n) is 4.21. The Morgan fingerprint density at radius 2 is 1.63 bits per heavy atom. The second kappa shape index (κ2) is 9.94. The van der Waals surface area contributed by atoms with Gasteiger partial charge in [-0.1, -0.05) is 54.6 Å². The second-order valence-corrected chi connectivity index (χ2v) is 8.09. The first-order valence-electron chi connectivity index (χ1n) is 10.7. The fraction of sp³-hybridized carbons (Fsp3) is 0.360. The van der Waals surface area contributed by atoms with Gasteiger partial charge in [-0.2, -0.15) is 0 Å². The molecule has 1 aliphatic heterocycles. The lowest BCUT2D eigenvalue weighted by Gasteiger charge is -2.41. The molecule has 1 atom stereocenters. The molecule has 2 aromatic carbocycles. The van der Waals surface area contributed by atoms with Gasteiger partial charge in [-0.05, 0) is 24.5 Å². The first kappa shape index (κ1) is 20.7. The molecule has 0 bridgehead atoms. The minimum absolute atomic E-state index is 0.220. The van der Waals surface area contributed by atoms with E-state index in [1.165, 1.54) is 11.1 Å². The number of aromatic nitrogens is 2. The molecule has 1 saturated heterocycles. The maximum Gasteiger partial charge on any atom is 0.159 e. The van der Waals surface area contributed by atoms with E-state index in [4.69, 9.17) is 0 Å². The van der Waals surface area contributed by atoms with Crippen molar-refractivity contribution >= 4 is 0 Å². The summed E-state index contributed by atoms with van der Waals surface area (Å²) in [5.41, 5.74) is 4.73. The van der Waals surface area contributed by atoms with E-state index in [0.717, 1.165) is 56.1 Å². The van der Waals surface area contributed by atoms with Gasteiger partial charge in [0.25, 0.3) is 0 Å². The number of benzene rings is 2. The van der Waals surface area contributed by atoms with E-state index in [-0.39, 0.29) is 6.61 Å². The van der Waals surface area contributed by atoms with Crippen molar-refractivity contribution in [2.75, 3.05) is 26.2 Å². The second-order valence-electron chi connectivity index (χ2n) is 8.09. The number of hydrogen-bond donors (Lipinski definition) is 1. The minimum atomic E-state index is 0.220. The van der Waals surface area contributed by atoms with E-state index in [1.807, 2.05) is 24.5 Å². The van der Waals surface area contributed by atoms with Crippen LogP contribution in [0.4, 0.5) is 0 Å². The molecule has 0 unspecified atom stereocenters. The molecule has 2 heterocycles. The van der Waals surface area contributed by atoms with Crippen LogP contribution in [0.15, 0.2) is 67.0 Å². The standard InChI is InChI=1S/C25H30N4O/c1-20-7-5-6-10-24(20)25-26-15-22(16-27-25)17-28-12-13-29(23(19-28)11-14-30)18-21-8-3-2-4-9-21/h2-10,15-16,23,30H,11-14,17-19H2,1H3/t23-/m1/s1. The average Bonchev–Trinajstić information content (AvgIpc) is 2.77. The van der Waals surface area contributed by atoms with Crippen LogP contribution in [0.1, 0.15) is 23.1 Å². The Kier molecular flexibility index (Phi) is 6.84. The normalized spacial score (nSPS) is 17.9. The summed E-state index contributed by atoms with van der Waals surface area (Å²) >= 11 is 0. The van der Waals surface area contributed by atoms with Gasteiger partial charge in [0.1, 0.15) is 0 Å². The highest BCUT2D eigenvalue weighted by Crippen LogP contribution is 2.21. The van der Waals surface area contributed by atoms with Crippen molar-refractivity contribution in [1.29, 1.82) is 0 Å². The molecule has 0 radical (unpaired) electrons. The predicted molar refractivity (Wildman–Crippen MR) is 120 cm³/mol. The van der Waals surface area contributed by atoms with E-state index in [9.17, 15) is 5.11 Å². The molecular formula is C25H30N4O. The monoisotopic (exact) mass is 402 g/mol. The summed E-state index contributed by atoms with van der Waals surface area (Å²) in [7, 11) is 0. The molecule has 5 nitrogen and oxygen atoms in total. The van der Waals surface area contributed by atoms with Crippen LogP contribution in [0.5, 0.6) is 0 Å². The number of aliphatic hydroxyl groups excluding tert-OH is 1. The topological polar surface area (TPSA) is 52.5 Å². The number of rotatable bonds is 7. The Morgan fingerprint density at radius 1 is 0.900 bits per heavy atom. The Morgan fingerprint density at radius 3 is 2.37 bits per heavy atom. The van der Waals surface area contributed by atoms with Crippen molar-refractivity contribution in [2.24, 2.45) is 0 Å². The third-order valence-electron chi connectivity index (χ3n) is 5.88. The van der Waals surface area contributed by atoms with Crippen LogP contribution in [-0.2, 0) is 13.1 Å². The van der Waals surface area contributed by atoms with Crippen LogP contribution >= 0.6 is 0 Å². The zero-order valence-electron chi connectivity index (χ0n) is 17.6. The van der Waals surface area contributed by atoms with Crippen molar-refractivity contribution in [2.45, 2.75) is 32.5 Å². The summed E-state index contributed by atoms with van der Waals surface area (Å²) in [6.07, 6.45) is 4.70. The summed E-state index contributed by atoms with van der Waals surface area (Å²) in [6, 6.07) is 19.2. The largest absolute Gasteiger partial charge is 0.396 e. The molecule has 0 spiro atoms. The van der Waals surface area contributed by atoms with Crippen LogP contribution in [-0.4, -0.2) is 57.2 Å². The van der Waals surface area contributed by atoms with Crippen molar-refractivity contribution in [1.82, 2.24) is 19.8 Å². The van der Waals surface area contributed by atoms with Gasteiger partial charge in [0.05, 0.1) is 0 Å². The average molecular weight is 403 g/mol. The van der Waals surface area contributed by atoms with Gasteiger partial charge >= 0.3 is 0 Å². The van der Waals surface area contributed by atoms with Crippen molar-refractivity contribution < 1.29 is 5.11 Å². The number of nitrogens with zero attached hydrogens (tertiary/aromatic N) is 4. The maximum atomic E-state index is 9.57. The van der Waals surface area contributed by atoms with Gasteiger partial charge < -0.3 is 5.11 Å². The third kappa shape index (κ3) is 5.11. The van der Waals surface area contributed by atoms with Gasteiger partial charge in [-0.15, -0.1) is 0 Å². The van der Waals surface area contributed by atoms with Crippen molar-refractivity contribution in [3.8, 4) is 11.4 Å². The molecule has 30 heavy (non-hydrogen) atoms. The highest BCUT2D eigenvalue weighted by Gasteiger charge is 2.26. The molecule has 0 aliphatic carbocycles. The smallest absolute Gasteiger partial charge is 0.159 e. The number of piperazine rings is 1. The lowest BCUT2D eigenvalue weighted by Crippen LogP contribution is -2.52. The lowest BCUT2D eigenvalue weighted by atomic mass is 10.1. The Labute approximate surface area is 179 Å². The first-order chi connectivity index (χ1) is 14.7. The van der Waals surface area contributed by atoms with Gasteiger partial charge in [-0.25, -0.2) is 9.97 Å². The number of hydrogen-bond acceptors (Lipinski definition) is 5. The molecule has 3 aromatic rings. The first-order valence-corrected chi connectivity index (χ1v) is 10.7. The third-order valence-corrected chi connectivity index (χ3v) is 5.88. The van der Waals surface area contributed by atoms with Crippen molar-refractivity contribution in [3.63, 3.8) is 0 Å². The Hall–Kier alpha value is -2.60. The summed E-state index contributed by atoms with van der Waals surface area (Å²) in [6.45, 7) is 7.05. The van der Waals surface area contributed by atoms with Crippen LogP contribution in [0.25, 0.3) is 11.4 Å². The van der Waals surface area contributed by atoms with Crippen LogP contribution in [0, 0.1) is 6.92 Å². The molecule has 1 aromatic heterocycles. The molecule has 4 rings (SSSR count). The molecule has 0 saturated carbocycles. The molecule has 5 heteroatoms. The highest BCUT2D eigenvalue weighted by atomic mass is 16.3. The van der Waals surface area contributed by atoms with E-state index in [0.29, 0.717) is 6.04 Å². The number of aryl methyl sites for hydroxylation is 1. The van der Waals surface area contributed by atoms with Gasteiger partial charge in [0.15, 0.2) is 5.82 Å². The molecule has 156 valence electrons. The highest BCUT2D eigenvalue weighted by molar-refractivity contribution is 5.59. The van der Waals surface area contributed by atoms with Gasteiger partial charge in [-0.3, -0.25) is 9.80 Å². The zero-order chi connectivity index (χ0) is 20.8. The van der Waals surface area contributed by atoms with Crippen molar-refractivity contribution in [3.05, 3.63) is 83.7 Å². The summed E-state index contributed by atoms with van der Waals surface area (Å²) < 4.78 is 0. The van der Waals surface area contributed by atoms with E-state index < -0.39 is 0 Å². The minimum Gasteiger partial charge on any atom is -0.396 e. The predicted octanol–water partition coefficient (Wildman–Crippen LogP) is 3.52. The zero-order valence-corrected chi connectivity index (χ0v) is 17.6. The van der Waals surface area contributed by atoms with E-state index in [1.54, 1.807) is 0 Å². The molecule has 1 fully saturated rings. The van der Waals surface area contributed by atoms with Crippen LogP contribution < -0.4 is 0 Å². The van der Waals surface area contributed by atoms with Gasteiger partial charge in [0.2, 0.25) is 0 Å². The van der Waals surface area contributed by atoms with Crippen LogP contribution in [0.2, 0.25) is 0 Å². The summed E-state index contributed by atoms with van der Waals surface area (Å²) in [5.74, 6) is 0.780. The maximum absolute atomic E-state index is 9.57. The van der Waals surface area contributed by atoms with E-state index >= 15 is 0 Å². The molecule has 1 aliphatic rings. The quantitative estimate of drug-likeness (QED) is 0.655. The van der Waals surface area contributed by atoms with Gasteiger partial charge in [0, 0.05) is 68.9 Å². The Balaban J connectivity index is 1.39. The SMILES string of the molecule is Cc1ccccc1-c1ncc(CN2CCN(Cc3ccccc3)[C@H](CCO)C2)cn1. The molecule has 0 amide bonds. The lowest BCUT2D eigenvalue weighted by molar-refractivity contribution is 0.0499. The summed E-state index contributed by atoms with van der Waals surface area (Å²) in [5, 5.41) is 9.57. The van der Waals surface area contributed by atoms with Crippen LogP contribution in [0.3, 0.4) is 0 Å².